The summed E-state index contributed by atoms with van der Waals surface area (Å²) in [7, 11) is 0. The second-order valence-electron chi connectivity index (χ2n) is 4.51. The second-order valence-corrected chi connectivity index (χ2v) is 4.51. The molecule has 0 amide bonds. The molecule has 0 fully saturated rings. The molecule has 0 saturated carbocycles. The van der Waals surface area contributed by atoms with Crippen LogP contribution < -0.4 is 0 Å². The molecule has 0 nitrogen and oxygen atoms in total. The zero-order chi connectivity index (χ0) is 10.1. The van der Waals surface area contributed by atoms with Crippen molar-refractivity contribution in [2.24, 2.45) is 11.8 Å². The Morgan fingerprint density at radius 2 is 1.46 bits per heavy atom. The molecule has 13 heavy (non-hydrogen) atoms. The van der Waals surface area contributed by atoms with Gasteiger partial charge in [-0.15, -0.1) is 0 Å². The van der Waals surface area contributed by atoms with Gasteiger partial charge < -0.3 is 0 Å². The maximum Gasteiger partial charge on any atom is -0.0420 e. The summed E-state index contributed by atoms with van der Waals surface area (Å²) in [6.07, 6.45) is 9.88. The fourth-order valence-electron chi connectivity index (χ4n) is 2.09. The van der Waals surface area contributed by atoms with Gasteiger partial charge >= 0.3 is 0 Å². The van der Waals surface area contributed by atoms with Crippen LogP contribution in [0.5, 0.6) is 0 Å². The zero-order valence-electron chi connectivity index (χ0n) is 10.1. The SMILES string of the molecule is CCCC(C)CCCC(CC)CC. The molecule has 0 aliphatic carbocycles. The fourth-order valence-corrected chi connectivity index (χ4v) is 2.09. The van der Waals surface area contributed by atoms with E-state index >= 15 is 0 Å². The number of hydrogen-bond donors (Lipinski definition) is 0. The average molecular weight is 184 g/mol. The summed E-state index contributed by atoms with van der Waals surface area (Å²) in [6.45, 7) is 9.33. The Morgan fingerprint density at radius 1 is 0.846 bits per heavy atom. The Labute approximate surface area is 85.1 Å². The first-order valence-electron chi connectivity index (χ1n) is 6.24. The third-order valence-corrected chi connectivity index (χ3v) is 3.25. The Balaban J connectivity index is 3.32. The van der Waals surface area contributed by atoms with E-state index < -0.39 is 0 Å². The highest BCUT2D eigenvalue weighted by Gasteiger charge is 2.05. The molecule has 0 heterocycles. The predicted octanol–water partition coefficient (Wildman–Crippen LogP) is 5.03. The van der Waals surface area contributed by atoms with Gasteiger partial charge in [0.1, 0.15) is 0 Å². The molecule has 80 valence electrons. The normalized spacial score (nSPS) is 13.6. The van der Waals surface area contributed by atoms with Crippen LogP contribution in [0.3, 0.4) is 0 Å². The smallest absolute Gasteiger partial charge is 0.0420 e. The molecule has 1 atom stereocenters. The van der Waals surface area contributed by atoms with E-state index in [1.807, 2.05) is 0 Å². The first-order chi connectivity index (χ1) is 6.24. The molecule has 0 aromatic rings. The van der Waals surface area contributed by atoms with Crippen molar-refractivity contribution in [3.8, 4) is 0 Å². The summed E-state index contributed by atoms with van der Waals surface area (Å²) in [5, 5.41) is 0. The predicted molar refractivity (Wildman–Crippen MR) is 62.0 cm³/mol. The molecule has 0 heteroatoms. The van der Waals surface area contributed by atoms with Crippen LogP contribution in [0.15, 0.2) is 0 Å². The van der Waals surface area contributed by atoms with Gasteiger partial charge in [0.2, 0.25) is 0 Å². The summed E-state index contributed by atoms with van der Waals surface area (Å²) in [5.41, 5.74) is 0. The van der Waals surface area contributed by atoms with E-state index in [4.69, 9.17) is 0 Å². The molecule has 0 N–H and O–H groups in total. The first kappa shape index (κ1) is 13.0. The van der Waals surface area contributed by atoms with Crippen LogP contribution >= 0.6 is 0 Å². The number of rotatable bonds is 8. The van der Waals surface area contributed by atoms with Crippen LogP contribution in [0.2, 0.25) is 0 Å². The van der Waals surface area contributed by atoms with Crippen LogP contribution in [0.4, 0.5) is 0 Å². The minimum atomic E-state index is 0.958. The lowest BCUT2D eigenvalue weighted by molar-refractivity contribution is 0.392. The van der Waals surface area contributed by atoms with Gasteiger partial charge in [0, 0.05) is 0 Å². The minimum Gasteiger partial charge on any atom is -0.0654 e. The Hall–Kier alpha value is 0. The summed E-state index contributed by atoms with van der Waals surface area (Å²) in [4.78, 5) is 0. The van der Waals surface area contributed by atoms with Gasteiger partial charge in [-0.05, 0) is 11.8 Å². The molecule has 0 rings (SSSR count). The first-order valence-corrected chi connectivity index (χ1v) is 6.24. The Morgan fingerprint density at radius 3 is 1.92 bits per heavy atom. The van der Waals surface area contributed by atoms with Crippen LogP contribution in [0, 0.1) is 11.8 Å². The van der Waals surface area contributed by atoms with Crippen molar-refractivity contribution < 1.29 is 0 Å². The highest BCUT2D eigenvalue weighted by molar-refractivity contribution is 4.58. The molecule has 0 saturated heterocycles. The Bertz CT molecular complexity index is 92.2. The average Bonchev–Trinajstić information content (AvgIpc) is 2.13. The van der Waals surface area contributed by atoms with Crippen molar-refractivity contribution in [3.05, 3.63) is 0 Å². The van der Waals surface area contributed by atoms with Gasteiger partial charge in [-0.2, -0.15) is 0 Å². The van der Waals surface area contributed by atoms with Gasteiger partial charge in [0.15, 0.2) is 0 Å². The van der Waals surface area contributed by atoms with E-state index in [9.17, 15) is 0 Å². The summed E-state index contributed by atoms with van der Waals surface area (Å²) in [5.74, 6) is 1.95. The fraction of sp³-hybridized carbons (Fsp3) is 1.00. The lowest BCUT2D eigenvalue weighted by Crippen LogP contribution is -1.99. The van der Waals surface area contributed by atoms with E-state index in [0.717, 1.165) is 11.8 Å². The van der Waals surface area contributed by atoms with Gasteiger partial charge in [0.25, 0.3) is 0 Å². The maximum atomic E-state index is 2.40. The second kappa shape index (κ2) is 8.59. The molecule has 0 aromatic heterocycles. The molecular formula is C13H28. The van der Waals surface area contributed by atoms with Crippen molar-refractivity contribution >= 4 is 0 Å². The monoisotopic (exact) mass is 184 g/mol. The molecule has 0 aromatic carbocycles. The van der Waals surface area contributed by atoms with Crippen LogP contribution in [0.1, 0.15) is 72.6 Å². The van der Waals surface area contributed by atoms with E-state index in [2.05, 4.69) is 27.7 Å². The zero-order valence-corrected chi connectivity index (χ0v) is 10.1. The summed E-state index contributed by atoms with van der Waals surface area (Å²) >= 11 is 0. The lowest BCUT2D eigenvalue weighted by atomic mass is 9.92. The van der Waals surface area contributed by atoms with Crippen molar-refractivity contribution in [1.82, 2.24) is 0 Å². The van der Waals surface area contributed by atoms with Crippen molar-refractivity contribution in [3.63, 3.8) is 0 Å². The maximum absolute atomic E-state index is 2.40. The minimum absolute atomic E-state index is 0.958. The van der Waals surface area contributed by atoms with E-state index in [-0.39, 0.29) is 0 Å². The standard InChI is InChI=1S/C13H28/c1-5-9-12(4)10-8-11-13(6-2)7-3/h12-13H,5-11H2,1-4H3. The van der Waals surface area contributed by atoms with Gasteiger partial charge in [0.05, 0.1) is 0 Å². The van der Waals surface area contributed by atoms with Gasteiger partial charge in [-0.1, -0.05) is 72.6 Å². The third kappa shape index (κ3) is 7.10. The highest BCUT2D eigenvalue weighted by atomic mass is 14.1. The van der Waals surface area contributed by atoms with Crippen LogP contribution in [-0.2, 0) is 0 Å². The van der Waals surface area contributed by atoms with Crippen molar-refractivity contribution in [2.75, 3.05) is 0 Å². The van der Waals surface area contributed by atoms with Gasteiger partial charge in [-0.3, -0.25) is 0 Å². The Kier molecular flexibility index (Phi) is 8.59. The topological polar surface area (TPSA) is 0 Å². The van der Waals surface area contributed by atoms with Crippen molar-refractivity contribution in [2.45, 2.75) is 72.6 Å². The molecule has 1 unspecified atom stereocenters. The quantitative estimate of drug-likeness (QED) is 0.496. The largest absolute Gasteiger partial charge is 0.0654 e. The van der Waals surface area contributed by atoms with E-state index in [0.29, 0.717) is 0 Å². The van der Waals surface area contributed by atoms with Crippen molar-refractivity contribution in [1.29, 1.82) is 0 Å². The van der Waals surface area contributed by atoms with Crippen LogP contribution in [0.25, 0.3) is 0 Å². The van der Waals surface area contributed by atoms with Crippen LogP contribution in [-0.4, -0.2) is 0 Å². The molecule has 0 aliphatic rings. The molecular weight excluding hydrogens is 156 g/mol. The molecule has 0 radical (unpaired) electrons. The molecule has 0 bridgehead atoms. The molecule has 0 spiro atoms. The third-order valence-electron chi connectivity index (χ3n) is 3.25. The van der Waals surface area contributed by atoms with E-state index in [1.54, 1.807) is 0 Å². The van der Waals surface area contributed by atoms with Gasteiger partial charge in [-0.25, -0.2) is 0 Å². The molecule has 0 aliphatic heterocycles. The van der Waals surface area contributed by atoms with E-state index in [1.165, 1.54) is 44.9 Å². The number of hydrogen-bond acceptors (Lipinski definition) is 0. The highest BCUT2D eigenvalue weighted by Crippen LogP contribution is 2.20. The summed E-state index contributed by atoms with van der Waals surface area (Å²) in [6, 6.07) is 0. The summed E-state index contributed by atoms with van der Waals surface area (Å²) < 4.78 is 0. The lowest BCUT2D eigenvalue weighted by Gasteiger charge is -2.14.